The van der Waals surface area contributed by atoms with E-state index in [2.05, 4.69) is 29.6 Å². The summed E-state index contributed by atoms with van der Waals surface area (Å²) in [5.41, 5.74) is 1.73. The zero-order chi connectivity index (χ0) is 21.3. The molecule has 0 spiro atoms. The molecular weight excluding hydrogens is 384 g/mol. The number of aromatic nitrogens is 4. The number of methoxy groups -OCH3 is 1. The summed E-state index contributed by atoms with van der Waals surface area (Å²) in [5, 5.41) is 3.89. The predicted molar refractivity (Wildman–Crippen MR) is 112 cm³/mol. The molecule has 156 valence electrons. The summed E-state index contributed by atoms with van der Waals surface area (Å²) >= 11 is 0. The number of nitrogens with zero attached hydrogens (tertiary/aromatic N) is 5. The van der Waals surface area contributed by atoms with Crippen LogP contribution in [0.15, 0.2) is 30.6 Å². The molecule has 9 nitrogen and oxygen atoms in total. The summed E-state index contributed by atoms with van der Waals surface area (Å²) in [6, 6.07) is 5.40. The first-order valence-corrected chi connectivity index (χ1v) is 9.89. The number of hydrogen-bond donors (Lipinski definition) is 1. The first-order valence-electron chi connectivity index (χ1n) is 9.89. The number of fused-ring (bicyclic) bond motifs is 1. The number of amides is 1. The van der Waals surface area contributed by atoms with Crippen LogP contribution in [-0.2, 0) is 4.74 Å². The fourth-order valence-corrected chi connectivity index (χ4v) is 3.82. The summed E-state index contributed by atoms with van der Waals surface area (Å²) in [6.07, 6.45) is 7.49. The first kappa shape index (κ1) is 19.8. The van der Waals surface area contributed by atoms with Crippen LogP contribution in [-0.4, -0.2) is 57.5 Å². The van der Waals surface area contributed by atoms with Crippen molar-refractivity contribution < 1.29 is 14.3 Å². The van der Waals surface area contributed by atoms with Crippen LogP contribution in [0, 0.1) is 0 Å². The Kier molecular flexibility index (Phi) is 5.35. The molecule has 1 aliphatic carbocycles. The van der Waals surface area contributed by atoms with Crippen molar-refractivity contribution in [3.05, 3.63) is 41.9 Å². The van der Waals surface area contributed by atoms with Gasteiger partial charge in [0.1, 0.15) is 17.2 Å². The van der Waals surface area contributed by atoms with Crippen LogP contribution in [0.25, 0.3) is 11.0 Å². The zero-order valence-corrected chi connectivity index (χ0v) is 17.3. The molecule has 1 fully saturated rings. The number of pyridine rings is 1. The van der Waals surface area contributed by atoms with Gasteiger partial charge in [0.05, 0.1) is 12.7 Å². The normalized spacial score (nSPS) is 14.1. The lowest BCUT2D eigenvalue weighted by Crippen LogP contribution is -2.25. The van der Waals surface area contributed by atoms with Gasteiger partial charge >= 0.3 is 5.97 Å². The number of anilines is 2. The lowest BCUT2D eigenvalue weighted by molar-refractivity contribution is 0.0600. The van der Waals surface area contributed by atoms with E-state index in [4.69, 9.17) is 0 Å². The molecule has 3 aromatic rings. The maximum atomic E-state index is 12.8. The average Bonchev–Trinajstić information content (AvgIpc) is 3.40. The Bertz CT molecular complexity index is 1080. The second-order valence-corrected chi connectivity index (χ2v) is 7.56. The monoisotopic (exact) mass is 408 g/mol. The van der Waals surface area contributed by atoms with Crippen LogP contribution in [0.4, 0.5) is 11.8 Å². The molecule has 0 aromatic carbocycles. The Hall–Kier alpha value is -3.49. The minimum atomic E-state index is -0.445. The lowest BCUT2D eigenvalue weighted by atomic mass is 10.2. The van der Waals surface area contributed by atoms with Crippen molar-refractivity contribution >= 4 is 34.7 Å². The first-order chi connectivity index (χ1) is 14.5. The van der Waals surface area contributed by atoms with Crippen molar-refractivity contribution in [2.45, 2.75) is 31.7 Å². The van der Waals surface area contributed by atoms with Gasteiger partial charge in [-0.05, 0) is 31.0 Å². The highest BCUT2D eigenvalue weighted by atomic mass is 16.5. The quantitative estimate of drug-likeness (QED) is 0.647. The van der Waals surface area contributed by atoms with Crippen molar-refractivity contribution in [3.8, 4) is 0 Å². The van der Waals surface area contributed by atoms with Crippen molar-refractivity contribution in [2.24, 2.45) is 0 Å². The predicted octanol–water partition coefficient (Wildman–Crippen LogP) is 3.17. The summed E-state index contributed by atoms with van der Waals surface area (Å²) < 4.78 is 6.75. The maximum Gasteiger partial charge on any atom is 0.339 e. The molecule has 1 aliphatic rings. The van der Waals surface area contributed by atoms with Crippen molar-refractivity contribution in [3.63, 3.8) is 0 Å². The highest BCUT2D eigenvalue weighted by molar-refractivity contribution is 5.98. The van der Waals surface area contributed by atoms with E-state index in [1.54, 1.807) is 37.3 Å². The van der Waals surface area contributed by atoms with E-state index in [0.717, 1.165) is 36.7 Å². The number of carbonyl (C=O) groups is 2. The average molecular weight is 408 g/mol. The SMILES string of the molecule is COC(=O)c1ccc(Nc2ncc3cc(C(=O)N(C)C)n(C4CCCC4)c3n2)nc1. The molecule has 30 heavy (non-hydrogen) atoms. The van der Waals surface area contributed by atoms with Crippen LogP contribution in [0.5, 0.6) is 0 Å². The zero-order valence-electron chi connectivity index (χ0n) is 17.3. The largest absolute Gasteiger partial charge is 0.465 e. The van der Waals surface area contributed by atoms with Crippen molar-refractivity contribution in [2.75, 3.05) is 26.5 Å². The minimum Gasteiger partial charge on any atom is -0.465 e. The second-order valence-electron chi connectivity index (χ2n) is 7.56. The molecule has 3 aromatic heterocycles. The molecule has 0 aliphatic heterocycles. The fraction of sp³-hybridized carbons (Fsp3) is 0.381. The lowest BCUT2D eigenvalue weighted by Gasteiger charge is -2.19. The maximum absolute atomic E-state index is 12.8. The molecule has 0 atom stereocenters. The van der Waals surface area contributed by atoms with Gasteiger partial charge in [-0.2, -0.15) is 4.98 Å². The summed E-state index contributed by atoms with van der Waals surface area (Å²) in [7, 11) is 4.83. The Morgan fingerprint density at radius 1 is 1.17 bits per heavy atom. The van der Waals surface area contributed by atoms with E-state index in [-0.39, 0.29) is 11.9 Å². The third-order valence-corrected chi connectivity index (χ3v) is 5.32. The van der Waals surface area contributed by atoms with E-state index in [1.807, 2.05) is 6.07 Å². The summed E-state index contributed by atoms with van der Waals surface area (Å²) in [4.78, 5) is 39.2. The van der Waals surface area contributed by atoms with Gasteiger partial charge in [-0.15, -0.1) is 0 Å². The van der Waals surface area contributed by atoms with Crippen LogP contribution in [0.2, 0.25) is 0 Å². The molecular formula is C21H24N6O3. The Morgan fingerprint density at radius 2 is 1.93 bits per heavy atom. The second kappa shape index (κ2) is 8.10. The topological polar surface area (TPSA) is 102 Å². The van der Waals surface area contributed by atoms with Gasteiger partial charge in [0.25, 0.3) is 5.91 Å². The van der Waals surface area contributed by atoms with Crippen molar-refractivity contribution in [1.82, 2.24) is 24.4 Å². The molecule has 0 unspecified atom stereocenters. The summed E-state index contributed by atoms with van der Waals surface area (Å²) in [6.45, 7) is 0. The number of rotatable bonds is 5. The van der Waals surface area contributed by atoms with Crippen LogP contribution >= 0.6 is 0 Å². The molecule has 3 heterocycles. The standard InChI is InChI=1S/C21H24N6O3/c1-26(2)19(28)16-10-14-12-23-21(25-18(14)27(16)15-6-4-5-7-15)24-17-9-8-13(11-22-17)20(29)30-3/h8-12,15H,4-7H2,1-3H3,(H,22,23,24,25). The van der Waals surface area contributed by atoms with Crippen molar-refractivity contribution in [1.29, 1.82) is 0 Å². The van der Waals surface area contributed by atoms with Crippen LogP contribution < -0.4 is 5.32 Å². The van der Waals surface area contributed by atoms with Gasteiger partial charge in [-0.1, -0.05) is 12.8 Å². The molecule has 0 bridgehead atoms. The minimum absolute atomic E-state index is 0.0468. The fourth-order valence-electron chi connectivity index (χ4n) is 3.82. The van der Waals surface area contributed by atoms with Gasteiger partial charge in [-0.25, -0.2) is 14.8 Å². The molecule has 4 rings (SSSR count). The highest BCUT2D eigenvalue weighted by Gasteiger charge is 2.26. The molecule has 9 heteroatoms. The third kappa shape index (κ3) is 3.70. The van der Waals surface area contributed by atoms with E-state index in [1.165, 1.54) is 13.3 Å². The van der Waals surface area contributed by atoms with Gasteiger partial charge in [0, 0.05) is 37.9 Å². The Morgan fingerprint density at radius 3 is 2.57 bits per heavy atom. The van der Waals surface area contributed by atoms with Crippen LogP contribution in [0.1, 0.15) is 52.6 Å². The van der Waals surface area contributed by atoms with Crippen LogP contribution in [0.3, 0.4) is 0 Å². The summed E-state index contributed by atoms with van der Waals surface area (Å²) in [5.74, 6) is 0.390. The molecule has 1 saturated carbocycles. The van der Waals surface area contributed by atoms with Gasteiger partial charge in [0.2, 0.25) is 5.95 Å². The number of ether oxygens (including phenoxy) is 1. The Balaban J connectivity index is 1.70. The van der Waals surface area contributed by atoms with Gasteiger partial charge in [-0.3, -0.25) is 4.79 Å². The Labute approximate surface area is 174 Å². The smallest absolute Gasteiger partial charge is 0.339 e. The number of nitrogens with one attached hydrogen (secondary N) is 1. The number of esters is 1. The van der Waals surface area contributed by atoms with E-state index in [0.29, 0.717) is 23.0 Å². The molecule has 1 amide bonds. The number of hydrogen-bond acceptors (Lipinski definition) is 7. The molecule has 1 N–H and O–H groups in total. The third-order valence-electron chi connectivity index (χ3n) is 5.32. The van der Waals surface area contributed by atoms with E-state index >= 15 is 0 Å². The van der Waals surface area contributed by atoms with E-state index in [9.17, 15) is 9.59 Å². The highest BCUT2D eigenvalue weighted by Crippen LogP contribution is 2.34. The molecule has 0 saturated heterocycles. The number of carbonyl (C=O) groups excluding carboxylic acids is 2. The van der Waals surface area contributed by atoms with E-state index < -0.39 is 5.97 Å². The molecule has 0 radical (unpaired) electrons. The van der Waals surface area contributed by atoms with Gasteiger partial charge in [0.15, 0.2) is 0 Å². The van der Waals surface area contributed by atoms with Gasteiger partial charge < -0.3 is 19.5 Å².